The van der Waals surface area contributed by atoms with Crippen molar-refractivity contribution in [3.63, 3.8) is 0 Å². The number of nitro groups is 1. The van der Waals surface area contributed by atoms with Gasteiger partial charge in [0, 0.05) is 17.9 Å². The van der Waals surface area contributed by atoms with Crippen LogP contribution in [0.1, 0.15) is 86.8 Å². The van der Waals surface area contributed by atoms with E-state index in [-0.39, 0.29) is 45.9 Å². The number of carbonyl (C=O) groups excluding carboxylic acids is 2. The zero-order valence-electron chi connectivity index (χ0n) is 22.6. The molecule has 0 spiro atoms. The molecule has 2 bridgehead atoms. The predicted molar refractivity (Wildman–Crippen MR) is 147 cm³/mol. The molecule has 0 N–H and O–H groups in total. The fourth-order valence-corrected chi connectivity index (χ4v) is 6.76. The topological polar surface area (TPSA) is 80.5 Å². The molecule has 0 saturated carbocycles. The average Bonchev–Trinajstić information content (AvgIpc) is 3.12. The summed E-state index contributed by atoms with van der Waals surface area (Å²) in [5, 5.41) is 11.8. The molecular weight excluding hydrogens is 476 g/mol. The third-order valence-electron chi connectivity index (χ3n) is 8.68. The van der Waals surface area contributed by atoms with Crippen LogP contribution in [-0.2, 0) is 20.4 Å². The molecule has 38 heavy (non-hydrogen) atoms. The van der Waals surface area contributed by atoms with Crippen molar-refractivity contribution < 1.29 is 14.5 Å². The van der Waals surface area contributed by atoms with Crippen molar-refractivity contribution in [3.8, 4) is 0 Å². The summed E-state index contributed by atoms with van der Waals surface area (Å²) in [6.45, 7) is 13.0. The molecule has 3 aromatic rings. The number of para-hydroxylation sites is 2. The molecule has 4 atom stereocenters. The Labute approximate surface area is 222 Å². The third-order valence-corrected chi connectivity index (χ3v) is 8.68. The molecule has 194 valence electrons. The molecule has 4 aliphatic rings. The number of amides is 2. The molecular formula is C32H32N2O4. The number of nitro benzene ring substituents is 1. The first kappa shape index (κ1) is 24.5. The smallest absolute Gasteiger partial charge is 0.274 e. The first-order valence-corrected chi connectivity index (χ1v) is 13.2. The second-order valence-corrected chi connectivity index (χ2v) is 13.0. The summed E-state index contributed by atoms with van der Waals surface area (Å²) in [4.78, 5) is 40.6. The van der Waals surface area contributed by atoms with E-state index in [1.54, 1.807) is 12.1 Å². The van der Waals surface area contributed by atoms with Crippen LogP contribution in [0.2, 0.25) is 0 Å². The van der Waals surface area contributed by atoms with Crippen molar-refractivity contribution in [1.29, 1.82) is 0 Å². The SMILES string of the molecule is CC(C)(C)c1ccc2c(c1)[C@H]1c3ccc(C(C)(C)C)cc3[C@H]2[C@@H]2C(=O)N(c3ccccc3[N+](=O)[O-])C(=O)[C@H]12. The standard InChI is InChI=1S/C32H32N2O4/c1-31(2,3)17-11-13-19-21(15-17)25-20-14-12-18(32(4,5)6)16-22(20)26(19)28-27(25)29(35)33(30(28)36)23-9-7-8-10-24(23)34(37)38/h7-16,25-28H,1-6H3/t25-,26+,27-,28+. The Kier molecular flexibility index (Phi) is 5.07. The molecule has 1 aliphatic heterocycles. The maximum atomic E-state index is 14.1. The average molecular weight is 509 g/mol. The Morgan fingerprint density at radius 3 is 1.55 bits per heavy atom. The maximum absolute atomic E-state index is 14.1. The van der Waals surface area contributed by atoms with E-state index in [4.69, 9.17) is 0 Å². The minimum Gasteiger partial charge on any atom is -0.274 e. The first-order valence-electron chi connectivity index (χ1n) is 13.2. The summed E-state index contributed by atoms with van der Waals surface area (Å²) in [7, 11) is 0. The van der Waals surface area contributed by atoms with Crippen LogP contribution in [0.4, 0.5) is 11.4 Å². The highest BCUT2D eigenvalue weighted by Crippen LogP contribution is 2.62. The second-order valence-electron chi connectivity index (χ2n) is 13.0. The van der Waals surface area contributed by atoms with Crippen molar-refractivity contribution in [3.05, 3.63) is 104 Å². The summed E-state index contributed by atoms with van der Waals surface area (Å²) in [5.74, 6) is -2.44. The van der Waals surface area contributed by atoms with Crippen LogP contribution in [0.15, 0.2) is 60.7 Å². The maximum Gasteiger partial charge on any atom is 0.293 e. The van der Waals surface area contributed by atoms with Gasteiger partial charge < -0.3 is 0 Å². The van der Waals surface area contributed by atoms with Crippen molar-refractivity contribution >= 4 is 23.2 Å². The van der Waals surface area contributed by atoms with Crippen LogP contribution in [0.5, 0.6) is 0 Å². The van der Waals surface area contributed by atoms with Crippen molar-refractivity contribution in [1.82, 2.24) is 0 Å². The summed E-state index contributed by atoms with van der Waals surface area (Å²) < 4.78 is 0. The fraction of sp³-hybridized carbons (Fsp3) is 0.375. The third kappa shape index (κ3) is 3.32. The van der Waals surface area contributed by atoms with Gasteiger partial charge in [0.15, 0.2) is 0 Å². The van der Waals surface area contributed by atoms with Gasteiger partial charge >= 0.3 is 0 Å². The van der Waals surface area contributed by atoms with E-state index in [1.807, 2.05) is 0 Å². The van der Waals surface area contributed by atoms with Crippen LogP contribution in [0.3, 0.4) is 0 Å². The van der Waals surface area contributed by atoms with Gasteiger partial charge in [0.05, 0.1) is 16.8 Å². The van der Waals surface area contributed by atoms with Gasteiger partial charge in [-0.2, -0.15) is 0 Å². The summed E-state index contributed by atoms with van der Waals surface area (Å²) >= 11 is 0. The van der Waals surface area contributed by atoms with Crippen molar-refractivity contribution in [2.24, 2.45) is 11.8 Å². The highest BCUT2D eigenvalue weighted by molar-refractivity contribution is 6.24. The first-order chi connectivity index (χ1) is 17.8. The highest BCUT2D eigenvalue weighted by Gasteiger charge is 2.62. The minimum atomic E-state index is -0.594. The number of anilines is 1. The van der Waals surface area contributed by atoms with Gasteiger partial charge in [-0.3, -0.25) is 19.7 Å². The van der Waals surface area contributed by atoms with E-state index >= 15 is 0 Å². The molecule has 1 heterocycles. The second kappa shape index (κ2) is 7.85. The van der Waals surface area contributed by atoms with Crippen molar-refractivity contribution in [2.45, 2.75) is 64.2 Å². The van der Waals surface area contributed by atoms with Gasteiger partial charge in [-0.15, -0.1) is 0 Å². The number of imide groups is 1. The normalized spacial score (nSPS) is 23.8. The summed E-state index contributed by atoms with van der Waals surface area (Å²) in [6, 6.07) is 19.0. The molecule has 7 rings (SSSR count). The van der Waals surface area contributed by atoms with E-state index in [9.17, 15) is 19.7 Å². The van der Waals surface area contributed by atoms with Crippen LogP contribution in [0, 0.1) is 22.0 Å². The van der Waals surface area contributed by atoms with Crippen LogP contribution >= 0.6 is 0 Å². The molecule has 0 radical (unpaired) electrons. The Bertz CT molecular complexity index is 1450. The van der Waals surface area contributed by atoms with E-state index in [1.165, 1.54) is 23.3 Å². The molecule has 1 fully saturated rings. The highest BCUT2D eigenvalue weighted by atomic mass is 16.6. The van der Waals surface area contributed by atoms with E-state index in [2.05, 4.69) is 77.9 Å². The molecule has 6 heteroatoms. The lowest BCUT2D eigenvalue weighted by Crippen LogP contribution is -2.42. The molecule has 0 aromatic heterocycles. The number of benzene rings is 3. The van der Waals surface area contributed by atoms with Crippen LogP contribution in [-0.4, -0.2) is 16.7 Å². The molecule has 1 saturated heterocycles. The van der Waals surface area contributed by atoms with Gasteiger partial charge in [0.25, 0.3) is 5.69 Å². The van der Waals surface area contributed by atoms with Gasteiger partial charge in [-0.05, 0) is 50.3 Å². The van der Waals surface area contributed by atoms with Gasteiger partial charge in [0.2, 0.25) is 11.8 Å². The zero-order chi connectivity index (χ0) is 27.3. The predicted octanol–water partition coefficient (Wildman–Crippen LogP) is 6.59. The molecule has 3 aliphatic carbocycles. The Morgan fingerprint density at radius 1 is 0.684 bits per heavy atom. The number of rotatable bonds is 2. The number of hydrogen-bond acceptors (Lipinski definition) is 4. The van der Waals surface area contributed by atoms with E-state index in [0.29, 0.717) is 0 Å². The Hall–Kier alpha value is -3.80. The van der Waals surface area contributed by atoms with E-state index in [0.717, 1.165) is 27.2 Å². The lowest BCUT2D eigenvalue weighted by Gasteiger charge is -2.47. The quantitative estimate of drug-likeness (QED) is 0.222. The van der Waals surface area contributed by atoms with Crippen LogP contribution in [0.25, 0.3) is 0 Å². The Balaban J connectivity index is 1.59. The zero-order valence-corrected chi connectivity index (χ0v) is 22.6. The molecule has 6 nitrogen and oxygen atoms in total. The Morgan fingerprint density at radius 2 is 1.13 bits per heavy atom. The monoisotopic (exact) mass is 508 g/mol. The largest absolute Gasteiger partial charge is 0.293 e. The van der Waals surface area contributed by atoms with Gasteiger partial charge in [0.1, 0.15) is 5.69 Å². The molecule has 3 aromatic carbocycles. The van der Waals surface area contributed by atoms with E-state index < -0.39 is 16.8 Å². The minimum absolute atomic E-state index is 0.0557. The lowest BCUT2D eigenvalue weighted by molar-refractivity contribution is -0.384. The number of hydrogen-bond donors (Lipinski definition) is 0. The fourth-order valence-electron chi connectivity index (χ4n) is 6.76. The number of nitrogens with zero attached hydrogens (tertiary/aromatic N) is 2. The summed E-state index contributed by atoms with van der Waals surface area (Å²) in [5.41, 5.74) is 6.42. The summed E-state index contributed by atoms with van der Waals surface area (Å²) in [6.07, 6.45) is 0. The van der Waals surface area contributed by atoms with Gasteiger partial charge in [-0.1, -0.05) is 90.1 Å². The van der Waals surface area contributed by atoms with Gasteiger partial charge in [-0.25, -0.2) is 4.90 Å². The number of carbonyl (C=O) groups is 2. The molecule has 2 amide bonds. The van der Waals surface area contributed by atoms with Crippen molar-refractivity contribution in [2.75, 3.05) is 4.90 Å². The molecule has 0 unspecified atom stereocenters. The van der Waals surface area contributed by atoms with Crippen LogP contribution < -0.4 is 4.90 Å². The lowest BCUT2D eigenvalue weighted by atomic mass is 9.54.